The molecule has 420 valence electrons. The van der Waals surface area contributed by atoms with Gasteiger partial charge in [0.15, 0.2) is 0 Å². The van der Waals surface area contributed by atoms with Gasteiger partial charge in [0.2, 0.25) is 6.71 Å². The van der Waals surface area contributed by atoms with Crippen molar-refractivity contribution in [2.75, 3.05) is 19.6 Å². The number of anilines is 12. The van der Waals surface area contributed by atoms with Crippen LogP contribution in [0.4, 0.5) is 68.2 Å². The van der Waals surface area contributed by atoms with Gasteiger partial charge < -0.3 is 24.3 Å². The molecule has 0 atom stereocenters. The lowest BCUT2D eigenvalue weighted by Crippen LogP contribution is -2.63. The van der Waals surface area contributed by atoms with E-state index < -0.39 is 0 Å². The Bertz CT molecular complexity index is 4770. The topological polar surface area (TPSA) is 22.2 Å². The second-order valence-corrected chi connectivity index (χ2v) is 24.5. The van der Waals surface area contributed by atoms with E-state index in [9.17, 15) is 0 Å². The molecule has 0 amide bonds. The first kappa shape index (κ1) is 52.0. The van der Waals surface area contributed by atoms with Crippen LogP contribution in [0.5, 0.6) is 11.5 Å². The van der Waals surface area contributed by atoms with Crippen molar-refractivity contribution < 1.29 is 4.74 Å². The third-order valence-corrected chi connectivity index (χ3v) is 19.7. The number of rotatable bonds is 10. The van der Waals surface area contributed by atoms with Gasteiger partial charge in [-0.05, 0) is 158 Å². The maximum absolute atomic E-state index is 8.15. The lowest BCUT2D eigenvalue weighted by Gasteiger charge is -2.44. The van der Waals surface area contributed by atoms with Crippen LogP contribution in [-0.4, -0.2) is 13.4 Å². The standard InChI is InChI=1S/C82H54B2N4OS/c1-7-30-56(31-8-1)85(57-32-9-2-10-33-57)62-50-74-79-76(52-62)89-81-70(83(79)68-46-23-25-48-72(68)87(74)60-38-15-5-16-39-60)54-71-82(78(81)67-44-22-21-43-66(67)65-45-27-29-55-28-19-20-42-64(55)65)90-77-53-63(86(58-34-11-3-12-35-58)59-36-13-4-14-37-59)51-75-80(77)84(71)69-47-24-26-49-73(69)88(75)61-40-17-6-18-41-61/h1-54H. The predicted octanol–water partition coefficient (Wildman–Crippen LogP) is 18.3. The number of fused-ring (bicyclic) bond motifs is 9. The minimum atomic E-state index is -0.224. The molecule has 18 rings (SSSR count). The third kappa shape index (κ3) is 8.29. The van der Waals surface area contributed by atoms with Crippen LogP contribution in [0.25, 0.3) is 33.0 Å². The van der Waals surface area contributed by atoms with Gasteiger partial charge in [0.25, 0.3) is 6.71 Å². The molecular formula is C82H54B2N4OS. The maximum Gasteiger partial charge on any atom is 0.256 e. The van der Waals surface area contributed by atoms with Crippen molar-refractivity contribution in [3.05, 3.63) is 328 Å². The molecule has 0 N–H and O–H groups in total. The Morgan fingerprint density at radius 1 is 0.311 bits per heavy atom. The van der Waals surface area contributed by atoms with Crippen LogP contribution in [0.2, 0.25) is 0 Å². The van der Waals surface area contributed by atoms with Gasteiger partial charge in [0.1, 0.15) is 11.5 Å². The Kier molecular flexibility index (Phi) is 12.3. The van der Waals surface area contributed by atoms with E-state index in [1.54, 1.807) is 0 Å². The van der Waals surface area contributed by atoms with Crippen LogP contribution in [0.3, 0.4) is 0 Å². The number of hydrogen-bond acceptors (Lipinski definition) is 6. The second kappa shape index (κ2) is 21.3. The molecule has 0 radical (unpaired) electrons. The first-order chi connectivity index (χ1) is 44.7. The Morgan fingerprint density at radius 2 is 0.744 bits per heavy atom. The fraction of sp³-hybridized carbons (Fsp3) is 0. The number of para-hydroxylation sites is 8. The minimum Gasteiger partial charge on any atom is -0.458 e. The van der Waals surface area contributed by atoms with Gasteiger partial charge in [-0.2, -0.15) is 0 Å². The quantitative estimate of drug-likeness (QED) is 0.126. The van der Waals surface area contributed by atoms with E-state index in [1.165, 1.54) is 48.0 Å². The highest BCUT2D eigenvalue weighted by molar-refractivity contribution is 8.00. The van der Waals surface area contributed by atoms with E-state index in [2.05, 4.69) is 347 Å². The van der Waals surface area contributed by atoms with E-state index >= 15 is 0 Å². The van der Waals surface area contributed by atoms with Crippen molar-refractivity contribution >= 4 is 137 Å². The average molecular weight is 1170 g/mol. The van der Waals surface area contributed by atoms with Crippen molar-refractivity contribution in [2.24, 2.45) is 0 Å². The summed E-state index contributed by atoms with van der Waals surface area (Å²) >= 11 is 1.89. The van der Waals surface area contributed by atoms with Crippen LogP contribution in [0, 0.1) is 0 Å². The molecule has 0 aromatic heterocycles. The van der Waals surface area contributed by atoms with Crippen LogP contribution in [0.1, 0.15) is 0 Å². The molecule has 0 unspecified atom stereocenters. The lowest BCUT2D eigenvalue weighted by atomic mass is 9.31. The monoisotopic (exact) mass is 1160 g/mol. The summed E-state index contributed by atoms with van der Waals surface area (Å²) in [6.45, 7) is -0.391. The van der Waals surface area contributed by atoms with Crippen molar-refractivity contribution in [3.63, 3.8) is 0 Å². The zero-order valence-electron chi connectivity index (χ0n) is 48.9. The molecule has 0 saturated heterocycles. The normalized spacial score (nSPS) is 12.8. The molecule has 0 spiro atoms. The molecule has 0 saturated carbocycles. The molecule has 14 aromatic rings. The van der Waals surface area contributed by atoms with Crippen LogP contribution in [0.15, 0.2) is 337 Å². The Morgan fingerprint density at radius 3 is 1.31 bits per heavy atom. The minimum absolute atomic E-state index is 0.166. The molecule has 0 bridgehead atoms. The van der Waals surface area contributed by atoms with Crippen molar-refractivity contribution in [3.8, 4) is 33.8 Å². The third-order valence-electron chi connectivity index (χ3n) is 18.5. The van der Waals surface area contributed by atoms with Gasteiger partial charge in [-0.15, -0.1) is 0 Å². The molecule has 4 aliphatic rings. The average Bonchev–Trinajstić information content (AvgIpc) is 0.693. The summed E-state index contributed by atoms with van der Waals surface area (Å²) in [4.78, 5) is 12.1. The number of nitrogens with zero attached hydrogens (tertiary/aromatic N) is 4. The highest BCUT2D eigenvalue weighted by atomic mass is 32.2. The van der Waals surface area contributed by atoms with E-state index in [0.29, 0.717) is 0 Å². The Hall–Kier alpha value is -11.2. The van der Waals surface area contributed by atoms with Gasteiger partial charge >= 0.3 is 0 Å². The van der Waals surface area contributed by atoms with Gasteiger partial charge in [-0.25, -0.2) is 0 Å². The summed E-state index contributed by atoms with van der Waals surface area (Å²) in [6, 6.07) is 120. The summed E-state index contributed by atoms with van der Waals surface area (Å²) in [5, 5.41) is 2.40. The summed E-state index contributed by atoms with van der Waals surface area (Å²) < 4.78 is 8.15. The fourth-order valence-electron chi connectivity index (χ4n) is 14.8. The first-order valence-electron chi connectivity index (χ1n) is 30.9. The van der Waals surface area contributed by atoms with Gasteiger partial charge in [-0.1, -0.05) is 236 Å². The van der Waals surface area contributed by atoms with Crippen LogP contribution < -0.4 is 57.1 Å². The summed E-state index contributed by atoms with van der Waals surface area (Å²) in [5.74, 6) is 1.69. The first-order valence-corrected chi connectivity index (χ1v) is 31.7. The van der Waals surface area contributed by atoms with E-state index in [-0.39, 0.29) is 13.4 Å². The smallest absolute Gasteiger partial charge is 0.256 e. The van der Waals surface area contributed by atoms with E-state index in [0.717, 1.165) is 107 Å². The SMILES string of the molecule is c1ccc(N(c2ccccc2)c2cc3c4c(c2)N(c2ccccc2)c2ccccc2B4c2cc4c(c(-c5ccccc5-c5cccc6ccccc56)c2O3)Sc2cc(N(c3ccccc3)c3ccccc3)cc3c2B4c2ccccc2N3c2ccccc2)cc1. The van der Waals surface area contributed by atoms with E-state index in [1.807, 2.05) is 11.8 Å². The van der Waals surface area contributed by atoms with Gasteiger partial charge in [-0.3, -0.25) is 0 Å². The van der Waals surface area contributed by atoms with Crippen molar-refractivity contribution in [1.82, 2.24) is 0 Å². The van der Waals surface area contributed by atoms with Gasteiger partial charge in [0.05, 0.1) is 5.69 Å². The summed E-state index contributed by atoms with van der Waals surface area (Å²) in [5.41, 5.74) is 24.9. The maximum atomic E-state index is 8.15. The molecule has 4 heterocycles. The summed E-state index contributed by atoms with van der Waals surface area (Å²) in [7, 11) is 0. The van der Waals surface area contributed by atoms with Crippen molar-refractivity contribution in [2.45, 2.75) is 9.79 Å². The van der Waals surface area contributed by atoms with Crippen molar-refractivity contribution in [1.29, 1.82) is 0 Å². The predicted molar refractivity (Wildman–Crippen MR) is 380 cm³/mol. The number of ether oxygens (including phenoxy) is 1. The lowest BCUT2D eigenvalue weighted by molar-refractivity contribution is 0.488. The fourth-order valence-corrected chi connectivity index (χ4v) is 16.1. The molecule has 5 nitrogen and oxygen atoms in total. The molecule has 14 aromatic carbocycles. The molecule has 0 fully saturated rings. The number of hydrogen-bond donors (Lipinski definition) is 0. The Labute approximate surface area is 529 Å². The molecule has 0 aliphatic carbocycles. The number of benzene rings is 14. The van der Waals surface area contributed by atoms with Gasteiger partial charge in [0, 0.05) is 84.0 Å². The molecule has 8 heteroatoms. The molecule has 4 aliphatic heterocycles. The van der Waals surface area contributed by atoms with Crippen LogP contribution in [-0.2, 0) is 0 Å². The zero-order valence-corrected chi connectivity index (χ0v) is 49.8. The highest BCUT2D eigenvalue weighted by Gasteiger charge is 2.48. The van der Waals surface area contributed by atoms with E-state index in [4.69, 9.17) is 4.74 Å². The molecule has 90 heavy (non-hydrogen) atoms. The zero-order chi connectivity index (χ0) is 59.2. The highest BCUT2D eigenvalue weighted by Crippen LogP contribution is 2.54. The summed E-state index contributed by atoms with van der Waals surface area (Å²) in [6.07, 6.45) is 0. The largest absolute Gasteiger partial charge is 0.458 e. The molecular weight excluding hydrogens is 1110 g/mol. The second-order valence-electron chi connectivity index (χ2n) is 23.5. The van der Waals surface area contributed by atoms with Crippen LogP contribution >= 0.6 is 11.8 Å². The Balaban J connectivity index is 0.963.